The molecule has 1 saturated heterocycles. The fourth-order valence-electron chi connectivity index (χ4n) is 1.51. The highest BCUT2D eigenvalue weighted by molar-refractivity contribution is 5.80. The van der Waals surface area contributed by atoms with Gasteiger partial charge in [0.25, 0.3) is 0 Å². The Labute approximate surface area is 90.1 Å². The number of rotatable bonds is 5. The molecular weight excluding hydrogens is 198 g/mol. The van der Waals surface area contributed by atoms with Crippen LogP contribution in [-0.4, -0.2) is 45.7 Å². The van der Waals surface area contributed by atoms with Crippen LogP contribution < -0.4 is 5.32 Å². The van der Waals surface area contributed by atoms with Crippen LogP contribution in [0.15, 0.2) is 0 Å². The maximum absolute atomic E-state index is 11.6. The highest BCUT2D eigenvalue weighted by Crippen LogP contribution is 2.12. The Morgan fingerprint density at radius 1 is 1.47 bits per heavy atom. The summed E-state index contributed by atoms with van der Waals surface area (Å²) in [4.78, 5) is 11.6. The zero-order valence-electron chi connectivity index (χ0n) is 9.32. The Morgan fingerprint density at radius 3 is 2.73 bits per heavy atom. The summed E-state index contributed by atoms with van der Waals surface area (Å²) >= 11 is 0. The lowest BCUT2D eigenvalue weighted by Gasteiger charge is -2.22. The van der Waals surface area contributed by atoms with Crippen molar-refractivity contribution >= 4 is 5.91 Å². The van der Waals surface area contributed by atoms with Crippen LogP contribution >= 0.6 is 0 Å². The Kier molecular flexibility index (Phi) is 5.60. The standard InChI is InChI=1S/C10H19NO4/c1-13-9(14-2)7-11-10(12)8-5-3-4-6-15-8/h8-9H,3-7H2,1-2H3,(H,11,12). The zero-order chi connectivity index (χ0) is 11.1. The van der Waals surface area contributed by atoms with E-state index in [4.69, 9.17) is 14.2 Å². The smallest absolute Gasteiger partial charge is 0.249 e. The second-order valence-electron chi connectivity index (χ2n) is 3.50. The first-order valence-corrected chi connectivity index (χ1v) is 5.23. The fourth-order valence-corrected chi connectivity index (χ4v) is 1.51. The number of ether oxygens (including phenoxy) is 3. The average Bonchev–Trinajstić information content (AvgIpc) is 2.31. The first-order valence-electron chi connectivity index (χ1n) is 5.23. The van der Waals surface area contributed by atoms with E-state index in [0.29, 0.717) is 13.2 Å². The third-order valence-corrected chi connectivity index (χ3v) is 2.44. The quantitative estimate of drug-likeness (QED) is 0.672. The number of amides is 1. The van der Waals surface area contributed by atoms with Gasteiger partial charge in [-0.1, -0.05) is 0 Å². The molecule has 88 valence electrons. The molecule has 1 aliphatic rings. The Bertz CT molecular complexity index is 188. The summed E-state index contributed by atoms with van der Waals surface area (Å²) in [6.07, 6.45) is 2.21. The van der Waals surface area contributed by atoms with E-state index in [1.54, 1.807) is 0 Å². The first kappa shape index (κ1) is 12.4. The van der Waals surface area contributed by atoms with Crippen molar-refractivity contribution in [2.75, 3.05) is 27.4 Å². The Morgan fingerprint density at radius 2 is 2.20 bits per heavy atom. The van der Waals surface area contributed by atoms with Crippen molar-refractivity contribution in [2.45, 2.75) is 31.7 Å². The molecule has 0 radical (unpaired) electrons. The largest absolute Gasteiger partial charge is 0.368 e. The third-order valence-electron chi connectivity index (χ3n) is 2.44. The minimum Gasteiger partial charge on any atom is -0.368 e. The van der Waals surface area contributed by atoms with E-state index in [-0.39, 0.29) is 12.0 Å². The number of hydrogen-bond donors (Lipinski definition) is 1. The maximum atomic E-state index is 11.6. The van der Waals surface area contributed by atoms with E-state index in [2.05, 4.69) is 5.32 Å². The van der Waals surface area contributed by atoms with Crippen LogP contribution in [0, 0.1) is 0 Å². The van der Waals surface area contributed by atoms with Crippen molar-refractivity contribution in [1.29, 1.82) is 0 Å². The molecule has 1 rings (SSSR count). The lowest BCUT2D eigenvalue weighted by Crippen LogP contribution is -2.42. The summed E-state index contributed by atoms with van der Waals surface area (Å²) in [6.45, 7) is 1.03. The van der Waals surface area contributed by atoms with E-state index in [9.17, 15) is 4.79 Å². The molecule has 0 aromatic heterocycles. The summed E-state index contributed by atoms with van der Waals surface area (Å²) in [6, 6.07) is 0. The van der Waals surface area contributed by atoms with Gasteiger partial charge < -0.3 is 19.5 Å². The molecule has 1 fully saturated rings. The molecule has 1 atom stereocenters. The maximum Gasteiger partial charge on any atom is 0.249 e. The fraction of sp³-hybridized carbons (Fsp3) is 0.900. The SMILES string of the molecule is COC(CNC(=O)C1CCCCO1)OC. The van der Waals surface area contributed by atoms with E-state index in [0.717, 1.165) is 19.3 Å². The second kappa shape index (κ2) is 6.76. The molecule has 1 amide bonds. The van der Waals surface area contributed by atoms with Gasteiger partial charge in [-0.3, -0.25) is 4.79 Å². The van der Waals surface area contributed by atoms with Crippen molar-refractivity contribution in [3.63, 3.8) is 0 Å². The van der Waals surface area contributed by atoms with Crippen LogP contribution in [0.2, 0.25) is 0 Å². The summed E-state index contributed by atoms with van der Waals surface area (Å²) in [7, 11) is 3.08. The predicted octanol–water partition coefficient (Wildman–Crippen LogP) is 0.291. The number of methoxy groups -OCH3 is 2. The van der Waals surface area contributed by atoms with Crippen LogP contribution in [0.4, 0.5) is 0 Å². The molecule has 5 nitrogen and oxygen atoms in total. The van der Waals surface area contributed by atoms with Gasteiger partial charge in [-0.2, -0.15) is 0 Å². The van der Waals surface area contributed by atoms with Gasteiger partial charge in [-0.05, 0) is 19.3 Å². The van der Waals surface area contributed by atoms with Crippen LogP contribution in [0.5, 0.6) is 0 Å². The molecule has 0 spiro atoms. The normalized spacial score (nSPS) is 21.7. The van der Waals surface area contributed by atoms with Gasteiger partial charge in [0.1, 0.15) is 6.10 Å². The first-order chi connectivity index (χ1) is 7.27. The Balaban J connectivity index is 2.22. The average molecular weight is 217 g/mol. The molecule has 1 aliphatic heterocycles. The second-order valence-corrected chi connectivity index (χ2v) is 3.50. The van der Waals surface area contributed by atoms with Crippen molar-refractivity contribution in [3.05, 3.63) is 0 Å². The minimum absolute atomic E-state index is 0.0752. The number of nitrogens with one attached hydrogen (secondary N) is 1. The topological polar surface area (TPSA) is 56.8 Å². The summed E-state index contributed by atoms with van der Waals surface area (Å²) in [5.74, 6) is -0.0752. The minimum atomic E-state index is -0.391. The van der Waals surface area contributed by atoms with Crippen LogP contribution in [0.3, 0.4) is 0 Å². The molecule has 0 aromatic carbocycles. The van der Waals surface area contributed by atoms with Crippen molar-refractivity contribution < 1.29 is 19.0 Å². The zero-order valence-corrected chi connectivity index (χ0v) is 9.32. The van der Waals surface area contributed by atoms with Gasteiger partial charge in [-0.15, -0.1) is 0 Å². The molecule has 1 unspecified atom stereocenters. The monoisotopic (exact) mass is 217 g/mol. The highest BCUT2D eigenvalue weighted by Gasteiger charge is 2.22. The highest BCUT2D eigenvalue weighted by atomic mass is 16.7. The molecular formula is C10H19NO4. The molecule has 0 aliphatic carbocycles. The van der Waals surface area contributed by atoms with Crippen LogP contribution in [0.1, 0.15) is 19.3 Å². The lowest BCUT2D eigenvalue weighted by molar-refractivity contribution is -0.140. The number of carbonyl (C=O) groups is 1. The van der Waals surface area contributed by atoms with Crippen LogP contribution in [0.25, 0.3) is 0 Å². The molecule has 5 heteroatoms. The van der Waals surface area contributed by atoms with Crippen molar-refractivity contribution in [2.24, 2.45) is 0 Å². The lowest BCUT2D eigenvalue weighted by atomic mass is 10.1. The molecule has 1 N–H and O–H groups in total. The summed E-state index contributed by atoms with van der Waals surface area (Å²) in [5, 5.41) is 2.74. The molecule has 0 bridgehead atoms. The predicted molar refractivity (Wildman–Crippen MR) is 54.4 cm³/mol. The Hall–Kier alpha value is -0.650. The van der Waals surface area contributed by atoms with Gasteiger partial charge in [0, 0.05) is 20.8 Å². The van der Waals surface area contributed by atoms with E-state index < -0.39 is 6.29 Å². The van der Waals surface area contributed by atoms with Crippen molar-refractivity contribution in [1.82, 2.24) is 5.32 Å². The molecule has 15 heavy (non-hydrogen) atoms. The summed E-state index contributed by atoms with van der Waals surface area (Å²) < 4.78 is 15.3. The van der Waals surface area contributed by atoms with Gasteiger partial charge >= 0.3 is 0 Å². The van der Waals surface area contributed by atoms with Gasteiger partial charge in [0.05, 0.1) is 6.54 Å². The molecule has 0 saturated carbocycles. The number of carbonyl (C=O) groups excluding carboxylic acids is 1. The van der Waals surface area contributed by atoms with Gasteiger partial charge in [0.2, 0.25) is 5.91 Å². The van der Waals surface area contributed by atoms with E-state index in [1.807, 2.05) is 0 Å². The van der Waals surface area contributed by atoms with E-state index in [1.165, 1.54) is 14.2 Å². The van der Waals surface area contributed by atoms with Gasteiger partial charge in [-0.25, -0.2) is 0 Å². The third kappa shape index (κ3) is 4.15. The van der Waals surface area contributed by atoms with E-state index >= 15 is 0 Å². The van der Waals surface area contributed by atoms with Gasteiger partial charge in [0.15, 0.2) is 6.29 Å². The van der Waals surface area contributed by atoms with Crippen molar-refractivity contribution in [3.8, 4) is 0 Å². The summed E-state index contributed by atoms with van der Waals surface area (Å²) in [5.41, 5.74) is 0. The molecule has 0 aromatic rings. The molecule has 1 heterocycles. The number of hydrogen-bond acceptors (Lipinski definition) is 4. The van der Waals surface area contributed by atoms with Crippen LogP contribution in [-0.2, 0) is 19.0 Å².